The number of hydrogen-bond acceptors (Lipinski definition) is 2. The minimum absolute atomic E-state index is 0. The average molecular weight is 342 g/mol. The molecule has 6 heteroatoms. The van der Waals surface area contributed by atoms with E-state index in [1.807, 2.05) is 58.0 Å². The molecule has 0 aliphatic heterocycles. The van der Waals surface area contributed by atoms with Crippen LogP contribution < -0.4 is 0 Å². The summed E-state index contributed by atoms with van der Waals surface area (Å²) in [6.45, 7) is 21.0. The number of carbonyl (C=O) groups is 1. The van der Waals surface area contributed by atoms with Gasteiger partial charge in [0, 0.05) is 17.4 Å². The quantitative estimate of drug-likeness (QED) is 0.470. The molecule has 1 aromatic carbocycles. The van der Waals surface area contributed by atoms with Crippen LogP contribution in [0.5, 0.6) is 0 Å². The van der Waals surface area contributed by atoms with Crippen LogP contribution in [0.1, 0.15) is 39.2 Å². The van der Waals surface area contributed by atoms with Crippen molar-refractivity contribution in [3.63, 3.8) is 0 Å². The maximum absolute atomic E-state index is 11.7. The Hall–Kier alpha value is -1.56. The molecule has 0 radical (unpaired) electrons. The molecule has 0 heterocycles. The van der Waals surface area contributed by atoms with Crippen LogP contribution in [0.2, 0.25) is 0 Å². The number of ether oxygens (including phenoxy) is 1. The number of benzene rings is 1. The van der Waals surface area contributed by atoms with E-state index in [1.165, 1.54) is 0 Å². The molecule has 0 aliphatic rings. The van der Waals surface area contributed by atoms with E-state index in [-0.39, 0.29) is 29.2 Å². The zero-order valence-electron chi connectivity index (χ0n) is 12.9. The fourth-order valence-electron chi connectivity index (χ4n) is 1.27. The Balaban J connectivity index is -0.000000206. The molecule has 1 aromatic rings. The Morgan fingerprint density at radius 2 is 1.36 bits per heavy atom. The summed E-state index contributed by atoms with van der Waals surface area (Å²) in [5.74, 6) is -0.376. The van der Waals surface area contributed by atoms with Gasteiger partial charge in [-0.3, -0.25) is 4.79 Å². The van der Waals surface area contributed by atoms with Gasteiger partial charge in [-0.05, 0) is 33.3 Å². The van der Waals surface area contributed by atoms with Crippen LogP contribution in [0.15, 0.2) is 30.3 Å². The molecule has 0 fully saturated rings. The molecule has 0 spiro atoms. The second kappa shape index (κ2) is 17.5. The second-order valence-electron chi connectivity index (χ2n) is 4.67. The first kappa shape index (κ1) is 28.6. The second-order valence-corrected chi connectivity index (χ2v) is 4.67. The summed E-state index contributed by atoms with van der Waals surface area (Å²) in [6, 6.07) is 9.67. The summed E-state index contributed by atoms with van der Waals surface area (Å²) in [4.78, 5) is 11.7. The molecule has 1 atom stereocenters. The Morgan fingerprint density at radius 1 is 1.00 bits per heavy atom. The SMILES string of the molecule is CC(C(=O)OC(C)(C)C)c1ccccc1.[C-]#[O+].[C-]#[O+].[C-]#[O+].[Cr]. The van der Waals surface area contributed by atoms with Crippen LogP contribution in [0.3, 0.4) is 0 Å². The monoisotopic (exact) mass is 342 g/mol. The first-order valence-corrected chi connectivity index (χ1v) is 5.79. The van der Waals surface area contributed by atoms with Crippen molar-refractivity contribution in [3.8, 4) is 0 Å². The molecule has 0 aromatic heterocycles. The maximum Gasteiger partial charge on any atom is 0 e. The van der Waals surface area contributed by atoms with Gasteiger partial charge in [-0.2, -0.15) is 0 Å². The standard InChI is InChI=1S/C13H18O2.3CO.Cr/c1-10(11-8-6-5-7-9-11)12(14)15-13(2,3)4;3*1-2;/h5-10H,1-4H3;;;;. The van der Waals surface area contributed by atoms with Gasteiger partial charge in [0.05, 0.1) is 5.92 Å². The molecule has 0 saturated carbocycles. The Kier molecular flexibility index (Phi) is 22.7. The van der Waals surface area contributed by atoms with Crippen molar-refractivity contribution < 1.29 is 40.8 Å². The van der Waals surface area contributed by atoms with Gasteiger partial charge in [0.2, 0.25) is 0 Å². The van der Waals surface area contributed by atoms with E-state index in [2.05, 4.69) is 20.0 Å². The van der Waals surface area contributed by atoms with Crippen molar-refractivity contribution in [2.75, 3.05) is 0 Å². The van der Waals surface area contributed by atoms with E-state index in [9.17, 15) is 4.79 Å². The normalized spacial score (nSPS) is 9.36. The summed E-state index contributed by atoms with van der Waals surface area (Å²) in [6.07, 6.45) is 0. The number of esters is 1. The molecule has 22 heavy (non-hydrogen) atoms. The van der Waals surface area contributed by atoms with Gasteiger partial charge in [0.25, 0.3) is 0 Å². The fraction of sp³-hybridized carbons (Fsp3) is 0.375. The van der Waals surface area contributed by atoms with Crippen molar-refractivity contribution in [2.45, 2.75) is 39.2 Å². The van der Waals surface area contributed by atoms with Gasteiger partial charge in [-0.25, -0.2) is 0 Å². The van der Waals surface area contributed by atoms with E-state index in [1.54, 1.807) is 0 Å². The average Bonchev–Trinajstić information content (AvgIpc) is 2.51. The van der Waals surface area contributed by atoms with Gasteiger partial charge in [0.1, 0.15) is 5.60 Å². The van der Waals surface area contributed by atoms with Crippen LogP contribution in [-0.2, 0) is 40.8 Å². The minimum atomic E-state index is -0.417. The first-order chi connectivity index (χ1) is 9.90. The molecule has 1 unspecified atom stereocenters. The van der Waals surface area contributed by atoms with Gasteiger partial charge in [0.15, 0.2) is 0 Å². The Morgan fingerprint density at radius 3 is 1.68 bits per heavy atom. The van der Waals surface area contributed by atoms with E-state index >= 15 is 0 Å². The van der Waals surface area contributed by atoms with Crippen molar-refractivity contribution in [2.24, 2.45) is 0 Å². The largest absolute Gasteiger partial charge is 0 e. The van der Waals surface area contributed by atoms with Gasteiger partial charge in [-0.15, -0.1) is 0 Å². The van der Waals surface area contributed by atoms with E-state index < -0.39 is 5.60 Å². The van der Waals surface area contributed by atoms with Gasteiger partial charge in [-0.1, -0.05) is 30.3 Å². The zero-order chi connectivity index (χ0) is 17.5. The predicted molar refractivity (Wildman–Crippen MR) is 72.5 cm³/mol. The van der Waals surface area contributed by atoms with Gasteiger partial charge < -0.3 is 4.74 Å². The van der Waals surface area contributed by atoms with Crippen LogP contribution in [-0.4, -0.2) is 11.6 Å². The van der Waals surface area contributed by atoms with Crippen LogP contribution >= 0.6 is 0 Å². The molecular formula is C16H18CrO5. The summed E-state index contributed by atoms with van der Waals surface area (Å²) in [5.41, 5.74) is 0.576. The molecule has 1 rings (SSSR count). The van der Waals surface area contributed by atoms with Crippen molar-refractivity contribution in [1.82, 2.24) is 0 Å². The third-order valence-electron chi connectivity index (χ3n) is 2.06. The number of rotatable bonds is 2. The van der Waals surface area contributed by atoms with Gasteiger partial charge >= 0.3 is 39.9 Å². The summed E-state index contributed by atoms with van der Waals surface area (Å²) in [7, 11) is 0. The minimum Gasteiger partial charge on any atom is 0 e. The van der Waals surface area contributed by atoms with Crippen molar-refractivity contribution >= 4 is 5.97 Å². The molecule has 0 bridgehead atoms. The van der Waals surface area contributed by atoms with Crippen LogP contribution in [0.25, 0.3) is 0 Å². The van der Waals surface area contributed by atoms with Crippen molar-refractivity contribution in [1.29, 1.82) is 0 Å². The molecule has 0 aliphatic carbocycles. The molecule has 118 valence electrons. The van der Waals surface area contributed by atoms with Crippen LogP contribution in [0, 0.1) is 20.0 Å². The molecule has 0 amide bonds. The third-order valence-corrected chi connectivity index (χ3v) is 2.06. The molecule has 0 saturated heterocycles. The molecule has 0 N–H and O–H groups in total. The van der Waals surface area contributed by atoms with E-state index in [4.69, 9.17) is 18.7 Å². The van der Waals surface area contributed by atoms with E-state index in [0.29, 0.717) is 0 Å². The summed E-state index contributed by atoms with van der Waals surface area (Å²) < 4.78 is 27.8. The first-order valence-electron chi connectivity index (χ1n) is 5.79. The molecule has 5 nitrogen and oxygen atoms in total. The van der Waals surface area contributed by atoms with Crippen molar-refractivity contribution in [3.05, 3.63) is 55.8 Å². The maximum atomic E-state index is 11.7. The fourth-order valence-corrected chi connectivity index (χ4v) is 1.27. The smallest absolute Gasteiger partial charge is 0 e. The zero-order valence-corrected chi connectivity index (χ0v) is 14.2. The third kappa shape index (κ3) is 14.8. The summed E-state index contributed by atoms with van der Waals surface area (Å²) >= 11 is 0. The Bertz CT molecular complexity index is 429. The summed E-state index contributed by atoms with van der Waals surface area (Å²) in [5, 5.41) is 0. The topological polar surface area (TPSA) is 86.0 Å². The number of hydrogen-bond donors (Lipinski definition) is 0. The predicted octanol–water partition coefficient (Wildman–Crippen LogP) is 3.02. The number of carbonyl (C=O) groups excluding carboxylic acids is 1. The van der Waals surface area contributed by atoms with E-state index in [0.717, 1.165) is 5.56 Å². The molecular weight excluding hydrogens is 324 g/mol. The Labute approximate surface area is 142 Å². The van der Waals surface area contributed by atoms with Crippen LogP contribution in [0.4, 0.5) is 0 Å².